The van der Waals surface area contributed by atoms with Crippen LogP contribution in [0.5, 0.6) is 0 Å². The fourth-order valence-corrected chi connectivity index (χ4v) is 1.32. The van der Waals surface area contributed by atoms with Crippen LogP contribution in [0.1, 0.15) is 7.43 Å². The van der Waals surface area contributed by atoms with Crippen LogP contribution < -0.4 is 5.73 Å². The van der Waals surface area contributed by atoms with Crippen molar-refractivity contribution in [3.8, 4) is 0 Å². The zero-order chi connectivity index (χ0) is 10.8. The van der Waals surface area contributed by atoms with E-state index in [1.165, 1.54) is 0 Å². The fraction of sp³-hybridized carbons (Fsp3) is 0.400. The van der Waals surface area contributed by atoms with E-state index in [-0.39, 0.29) is 7.43 Å². The second-order valence-electron chi connectivity index (χ2n) is 2.41. The maximum atomic E-state index is 5.36. The van der Waals surface area contributed by atoms with E-state index in [1.54, 1.807) is 21.3 Å². The molecular weight excluding hydrogens is 210 g/mol. The van der Waals surface area contributed by atoms with E-state index in [0.29, 0.717) is 0 Å². The van der Waals surface area contributed by atoms with Gasteiger partial charge in [0.25, 0.3) is 0 Å². The lowest BCUT2D eigenvalue weighted by Gasteiger charge is -2.05. The molecule has 1 rings (SSSR count). The largest absolute Gasteiger partial charge is 0.483 e. The van der Waals surface area contributed by atoms with E-state index in [9.17, 15) is 0 Å². The minimum Gasteiger partial charge on any atom is -0.399 e. The first kappa shape index (κ1) is 16.5. The van der Waals surface area contributed by atoms with Gasteiger partial charge < -0.3 is 19.0 Å². The molecule has 0 atom stereocenters. The molecule has 0 fully saturated rings. The molecule has 0 aromatic heterocycles. The normalized spacial score (nSPS) is 8.80. The number of rotatable bonds is 3. The van der Waals surface area contributed by atoms with Crippen LogP contribution in [0.25, 0.3) is 0 Å². The molecular formula is C10H21NO3Si. The summed E-state index contributed by atoms with van der Waals surface area (Å²) in [6, 6.07) is 9.49. The van der Waals surface area contributed by atoms with E-state index >= 15 is 0 Å². The summed E-state index contributed by atoms with van der Waals surface area (Å²) >= 11 is 0. The van der Waals surface area contributed by atoms with Gasteiger partial charge in [-0.2, -0.15) is 0 Å². The molecule has 15 heavy (non-hydrogen) atoms. The molecule has 4 nitrogen and oxygen atoms in total. The summed E-state index contributed by atoms with van der Waals surface area (Å²) in [7, 11) is 3.05. The summed E-state index contributed by atoms with van der Waals surface area (Å²) in [6.45, 7) is 0. The molecule has 0 aliphatic carbocycles. The van der Waals surface area contributed by atoms with Crippen LogP contribution in [0.15, 0.2) is 30.3 Å². The third-order valence-corrected chi connectivity index (χ3v) is 2.53. The molecule has 2 N–H and O–H groups in total. The molecule has 0 radical (unpaired) electrons. The van der Waals surface area contributed by atoms with Crippen molar-refractivity contribution < 1.29 is 13.3 Å². The molecule has 1 aromatic rings. The monoisotopic (exact) mass is 231 g/mol. The van der Waals surface area contributed by atoms with E-state index in [4.69, 9.17) is 19.0 Å². The van der Waals surface area contributed by atoms with Crippen molar-refractivity contribution in [2.24, 2.45) is 0 Å². The first-order valence-corrected chi connectivity index (χ1v) is 5.55. The Morgan fingerprint density at radius 3 is 1.47 bits per heavy atom. The van der Waals surface area contributed by atoms with E-state index < -0.39 is 9.53 Å². The van der Waals surface area contributed by atoms with Crippen molar-refractivity contribution in [2.45, 2.75) is 7.43 Å². The Balaban J connectivity index is 0. The molecule has 0 saturated heterocycles. The average molecular weight is 231 g/mol. The number of benzene rings is 1. The summed E-state index contributed by atoms with van der Waals surface area (Å²) in [5.41, 5.74) is 6.18. The topological polar surface area (TPSA) is 53.7 Å². The van der Waals surface area contributed by atoms with Gasteiger partial charge in [-0.15, -0.1) is 0 Å². The lowest BCUT2D eigenvalue weighted by atomic mass is 10.3. The molecule has 0 bridgehead atoms. The first-order valence-electron chi connectivity index (χ1n) is 4.13. The molecule has 1 aromatic carbocycles. The van der Waals surface area contributed by atoms with E-state index in [2.05, 4.69) is 0 Å². The van der Waals surface area contributed by atoms with Gasteiger partial charge in [0.2, 0.25) is 0 Å². The SMILES string of the molecule is C.CO[SiH](OC)OC.Nc1ccccc1. The van der Waals surface area contributed by atoms with Gasteiger partial charge in [0.1, 0.15) is 0 Å². The van der Waals surface area contributed by atoms with Crippen molar-refractivity contribution >= 4 is 15.2 Å². The summed E-state index contributed by atoms with van der Waals surface area (Å²) in [5.74, 6) is 0. The van der Waals surface area contributed by atoms with Gasteiger partial charge in [-0.1, -0.05) is 25.6 Å². The van der Waals surface area contributed by atoms with Crippen molar-refractivity contribution in [1.29, 1.82) is 0 Å². The van der Waals surface area contributed by atoms with Gasteiger partial charge in [0.15, 0.2) is 0 Å². The lowest BCUT2D eigenvalue weighted by molar-refractivity contribution is 0.163. The number of hydrogen-bond donors (Lipinski definition) is 1. The standard InChI is InChI=1S/C6H7N.C3H10O3Si.CH4/c7-6-4-2-1-3-5-6;1-4-7(5-2)6-3;/h1-5H,7H2;7H,1-3H3;1H4. The van der Waals surface area contributed by atoms with Gasteiger partial charge >= 0.3 is 9.53 Å². The van der Waals surface area contributed by atoms with Gasteiger partial charge in [0, 0.05) is 27.0 Å². The van der Waals surface area contributed by atoms with E-state index in [1.807, 2.05) is 30.3 Å². The number of hydrogen-bond acceptors (Lipinski definition) is 4. The minimum atomic E-state index is -1.67. The summed E-state index contributed by atoms with van der Waals surface area (Å²) in [5, 5.41) is 0. The van der Waals surface area contributed by atoms with Crippen LogP contribution in [0.3, 0.4) is 0 Å². The first-order chi connectivity index (χ1) is 6.74. The highest BCUT2D eigenvalue weighted by atomic mass is 28.3. The number of nitrogen functional groups attached to an aromatic ring is 1. The maximum absolute atomic E-state index is 5.36. The zero-order valence-electron chi connectivity index (χ0n) is 8.77. The van der Waals surface area contributed by atoms with Gasteiger partial charge in [0.05, 0.1) is 0 Å². The van der Waals surface area contributed by atoms with Crippen LogP contribution in [0.4, 0.5) is 5.69 Å². The van der Waals surface area contributed by atoms with Crippen molar-refractivity contribution in [3.05, 3.63) is 30.3 Å². The Kier molecular flexibility index (Phi) is 12.3. The predicted octanol–water partition coefficient (Wildman–Crippen LogP) is 1.55. The number of anilines is 1. The molecule has 0 heterocycles. The highest BCUT2D eigenvalue weighted by molar-refractivity contribution is 6.36. The van der Waals surface area contributed by atoms with Crippen LogP contribution in [-0.4, -0.2) is 30.9 Å². The Morgan fingerprint density at radius 1 is 0.933 bits per heavy atom. The van der Waals surface area contributed by atoms with E-state index in [0.717, 1.165) is 5.69 Å². The second kappa shape index (κ2) is 11.2. The quantitative estimate of drug-likeness (QED) is 0.633. The Bertz CT molecular complexity index is 212. The molecule has 0 aliphatic rings. The average Bonchev–Trinajstić information content (AvgIpc) is 2.22. The molecule has 88 valence electrons. The fourth-order valence-electron chi connectivity index (χ4n) is 0.742. The van der Waals surface area contributed by atoms with Crippen LogP contribution >= 0.6 is 0 Å². The Labute approximate surface area is 93.9 Å². The van der Waals surface area contributed by atoms with Crippen molar-refractivity contribution in [2.75, 3.05) is 27.1 Å². The predicted molar refractivity (Wildman–Crippen MR) is 65.8 cm³/mol. The third kappa shape index (κ3) is 9.42. The molecule has 0 spiro atoms. The second-order valence-corrected chi connectivity index (χ2v) is 4.40. The van der Waals surface area contributed by atoms with Crippen molar-refractivity contribution in [1.82, 2.24) is 0 Å². The van der Waals surface area contributed by atoms with Crippen LogP contribution in [0.2, 0.25) is 0 Å². The number of nitrogens with two attached hydrogens (primary N) is 1. The van der Waals surface area contributed by atoms with Gasteiger partial charge in [-0.25, -0.2) is 0 Å². The summed E-state index contributed by atoms with van der Waals surface area (Å²) in [4.78, 5) is 0. The Hall–Kier alpha value is -0.883. The molecule has 0 unspecified atom stereocenters. The highest BCUT2D eigenvalue weighted by Gasteiger charge is 2.04. The smallest absolute Gasteiger partial charge is 0.399 e. The van der Waals surface area contributed by atoms with Crippen LogP contribution in [0, 0.1) is 0 Å². The van der Waals surface area contributed by atoms with Gasteiger partial charge in [-0.3, -0.25) is 0 Å². The molecule has 0 saturated carbocycles. The molecule has 0 amide bonds. The highest BCUT2D eigenvalue weighted by Crippen LogP contribution is 1.95. The number of para-hydroxylation sites is 1. The molecule has 5 heteroatoms. The lowest BCUT2D eigenvalue weighted by Crippen LogP contribution is -2.21. The maximum Gasteiger partial charge on any atom is 0.483 e. The third-order valence-electron chi connectivity index (χ3n) is 1.38. The summed E-state index contributed by atoms with van der Waals surface area (Å²) in [6.07, 6.45) is 0. The molecule has 0 aliphatic heterocycles. The Morgan fingerprint density at radius 2 is 1.33 bits per heavy atom. The van der Waals surface area contributed by atoms with Crippen LogP contribution in [-0.2, 0) is 13.3 Å². The van der Waals surface area contributed by atoms with Gasteiger partial charge in [-0.05, 0) is 12.1 Å². The van der Waals surface area contributed by atoms with Crippen molar-refractivity contribution in [3.63, 3.8) is 0 Å². The zero-order valence-corrected chi connectivity index (χ0v) is 9.92. The summed E-state index contributed by atoms with van der Waals surface area (Å²) < 4.78 is 14.2. The minimum absolute atomic E-state index is 0.